The van der Waals surface area contributed by atoms with Gasteiger partial charge in [-0.1, -0.05) is 86.6 Å². The molecule has 0 radical (unpaired) electrons. The van der Waals surface area contributed by atoms with E-state index in [1.54, 1.807) is 4.90 Å². The van der Waals surface area contributed by atoms with Gasteiger partial charge >= 0.3 is 5.69 Å². The van der Waals surface area contributed by atoms with E-state index in [2.05, 4.69) is 64.7 Å². The Morgan fingerprint density at radius 1 is 1.09 bits per heavy atom. The molecule has 1 unspecified atom stereocenters. The topological polar surface area (TPSA) is 69.7 Å². The molecule has 1 aromatic carbocycles. The highest BCUT2D eigenvalue weighted by molar-refractivity contribution is 5.96. The van der Waals surface area contributed by atoms with E-state index in [1.165, 1.54) is 18.2 Å². The summed E-state index contributed by atoms with van der Waals surface area (Å²) >= 11 is 0. The summed E-state index contributed by atoms with van der Waals surface area (Å²) in [6.45, 7) is 8.34. The smallest absolute Gasteiger partial charge is 0.331 e. The number of allylic oxidation sites excluding steroid dienone is 4. The maximum Gasteiger partial charge on any atom is 0.331 e. The quantitative estimate of drug-likeness (QED) is 0.589. The van der Waals surface area contributed by atoms with Crippen LogP contribution in [0.25, 0.3) is 0 Å². The Hall–Kier alpha value is -3.32. The van der Waals surface area contributed by atoms with Crippen LogP contribution in [0.15, 0.2) is 70.8 Å². The molecule has 7 nitrogen and oxygen atoms in total. The zero-order chi connectivity index (χ0) is 24.3. The van der Waals surface area contributed by atoms with Crippen LogP contribution in [-0.4, -0.2) is 58.9 Å². The average Bonchev–Trinajstić information content (AvgIpc) is 3.12. The van der Waals surface area contributed by atoms with Crippen molar-refractivity contribution in [3.8, 4) is 0 Å². The molecule has 1 aliphatic heterocycles. The van der Waals surface area contributed by atoms with Gasteiger partial charge in [-0.05, 0) is 17.6 Å². The van der Waals surface area contributed by atoms with Crippen molar-refractivity contribution in [2.75, 3.05) is 33.2 Å². The summed E-state index contributed by atoms with van der Waals surface area (Å²) in [6, 6.07) is 10.6. The Morgan fingerprint density at radius 2 is 1.79 bits per heavy atom. The van der Waals surface area contributed by atoms with Gasteiger partial charge in [-0.25, -0.2) is 0 Å². The first-order chi connectivity index (χ1) is 16.3. The second-order valence-corrected chi connectivity index (χ2v) is 9.82. The number of carbonyl (C=O) groups is 1. The fourth-order valence-corrected chi connectivity index (χ4v) is 4.59. The second-order valence-electron chi connectivity index (χ2n) is 9.82. The minimum atomic E-state index is -0.435. The Kier molecular flexibility index (Phi) is 6.93. The highest BCUT2D eigenvalue weighted by atomic mass is 16.5. The van der Waals surface area contributed by atoms with Gasteiger partial charge in [-0.2, -0.15) is 0 Å². The molecule has 1 amide bonds. The summed E-state index contributed by atoms with van der Waals surface area (Å²) in [7, 11) is 1.38. The van der Waals surface area contributed by atoms with Crippen LogP contribution in [0.3, 0.4) is 0 Å². The van der Waals surface area contributed by atoms with Gasteiger partial charge in [0.25, 0.3) is 5.91 Å². The van der Waals surface area contributed by atoms with Crippen LogP contribution in [0.2, 0.25) is 0 Å². The summed E-state index contributed by atoms with van der Waals surface area (Å²) in [6.07, 6.45) is 11.7. The third-order valence-electron chi connectivity index (χ3n) is 6.29. The molecule has 178 valence electrons. The van der Waals surface area contributed by atoms with Gasteiger partial charge < -0.3 is 9.42 Å². The Bertz CT molecular complexity index is 1130. The van der Waals surface area contributed by atoms with E-state index in [1.807, 2.05) is 26.8 Å². The first kappa shape index (κ1) is 23.8. The largest absolute Gasteiger partial charge is 0.353 e. The molecule has 2 heterocycles. The van der Waals surface area contributed by atoms with Crippen molar-refractivity contribution in [1.29, 1.82) is 0 Å². The van der Waals surface area contributed by atoms with Crippen LogP contribution in [0, 0.1) is 4.91 Å². The normalized spacial score (nSPS) is 17.9. The molecule has 2 aromatic rings. The van der Waals surface area contributed by atoms with Crippen molar-refractivity contribution in [3.05, 3.63) is 88.2 Å². The van der Waals surface area contributed by atoms with Crippen molar-refractivity contribution >= 4 is 11.6 Å². The van der Waals surface area contributed by atoms with E-state index in [0.717, 1.165) is 19.5 Å². The van der Waals surface area contributed by atoms with Gasteiger partial charge in [0.1, 0.15) is 0 Å². The lowest BCUT2D eigenvalue weighted by molar-refractivity contribution is -0.429. The summed E-state index contributed by atoms with van der Waals surface area (Å²) in [4.78, 5) is 29.8. The Balaban J connectivity index is 1.54. The number of carbonyl (C=O) groups excluding carboxylic acids is 1. The number of aromatic nitrogens is 1. The number of nitroso groups, excluding NO2 is 1. The van der Waals surface area contributed by atoms with E-state index >= 15 is 0 Å². The molecular formula is C27H33N4O3+. The third-order valence-corrected chi connectivity index (χ3v) is 6.29. The fraction of sp³-hybridized carbons (Fsp3) is 0.407. The molecule has 1 aromatic heterocycles. The first-order valence-corrected chi connectivity index (χ1v) is 11.8. The highest BCUT2D eigenvalue weighted by Crippen LogP contribution is 2.35. The standard InChI is InChI=1S/C27H33N4O3/c1-27(2,3)25-24(29(4)33)22(28-34-25)26(32)31-18-16-30(17-19-31)23(21-14-10-7-11-15-21)20-12-8-5-6-9-13-20/h5-8,10-15,23H,9,16-19H2,1-4H3/q+1. The Labute approximate surface area is 201 Å². The van der Waals surface area contributed by atoms with Crippen LogP contribution >= 0.6 is 0 Å². The maximum atomic E-state index is 13.3. The first-order valence-electron chi connectivity index (χ1n) is 11.8. The van der Waals surface area contributed by atoms with Gasteiger partial charge in [0.05, 0.1) is 6.04 Å². The minimum absolute atomic E-state index is 0.0935. The molecule has 34 heavy (non-hydrogen) atoms. The number of hydrogen-bond donors (Lipinski definition) is 0. The molecule has 1 aliphatic carbocycles. The van der Waals surface area contributed by atoms with E-state index in [0.29, 0.717) is 23.6 Å². The number of piperazine rings is 1. The zero-order valence-electron chi connectivity index (χ0n) is 20.4. The Morgan fingerprint density at radius 3 is 2.44 bits per heavy atom. The van der Waals surface area contributed by atoms with E-state index in [-0.39, 0.29) is 23.3 Å². The molecule has 1 atom stereocenters. The fourth-order valence-electron chi connectivity index (χ4n) is 4.59. The molecular weight excluding hydrogens is 428 g/mol. The molecule has 0 bridgehead atoms. The predicted molar refractivity (Wildman–Crippen MR) is 132 cm³/mol. The number of amides is 1. The van der Waals surface area contributed by atoms with Crippen LogP contribution in [0.1, 0.15) is 55.0 Å². The number of rotatable bonds is 5. The van der Waals surface area contributed by atoms with Crippen molar-refractivity contribution in [2.45, 2.75) is 38.6 Å². The van der Waals surface area contributed by atoms with Crippen LogP contribution < -0.4 is 0 Å². The summed E-state index contributed by atoms with van der Waals surface area (Å²) in [5.41, 5.74) is 2.38. The van der Waals surface area contributed by atoms with Crippen molar-refractivity contribution < 1.29 is 14.1 Å². The van der Waals surface area contributed by atoms with Crippen molar-refractivity contribution in [1.82, 2.24) is 15.0 Å². The summed E-state index contributed by atoms with van der Waals surface area (Å²) in [5.74, 6) is 0.169. The number of benzene rings is 1. The van der Waals surface area contributed by atoms with E-state index in [4.69, 9.17) is 4.52 Å². The molecule has 1 fully saturated rings. The van der Waals surface area contributed by atoms with Gasteiger partial charge in [-0.15, -0.1) is 0 Å². The lowest BCUT2D eigenvalue weighted by atomic mass is 9.91. The maximum absolute atomic E-state index is 13.3. The monoisotopic (exact) mass is 461 g/mol. The van der Waals surface area contributed by atoms with E-state index in [9.17, 15) is 9.70 Å². The van der Waals surface area contributed by atoms with Crippen molar-refractivity contribution in [3.63, 3.8) is 0 Å². The van der Waals surface area contributed by atoms with Gasteiger partial charge in [-0.3, -0.25) is 9.69 Å². The SMILES string of the molecule is C[N+](=O)c1c(C(=O)N2CCN(C(C3=CCC=CC=C3)c3ccccc3)CC2)noc1C(C)(C)C. The van der Waals surface area contributed by atoms with Gasteiger partial charge in [0.15, 0.2) is 7.05 Å². The molecule has 4 rings (SSSR count). The summed E-state index contributed by atoms with van der Waals surface area (Å²) in [5, 5.41) is 4.02. The molecule has 0 spiro atoms. The summed E-state index contributed by atoms with van der Waals surface area (Å²) < 4.78 is 6.16. The molecule has 2 aliphatic rings. The third kappa shape index (κ3) is 4.94. The highest BCUT2D eigenvalue weighted by Gasteiger charge is 2.40. The van der Waals surface area contributed by atoms with Crippen LogP contribution in [-0.2, 0) is 5.41 Å². The van der Waals surface area contributed by atoms with E-state index < -0.39 is 5.41 Å². The molecule has 0 saturated carbocycles. The minimum Gasteiger partial charge on any atom is -0.353 e. The van der Waals surface area contributed by atoms with Gasteiger partial charge in [0.2, 0.25) is 11.5 Å². The molecule has 1 saturated heterocycles. The second kappa shape index (κ2) is 9.89. The average molecular weight is 462 g/mol. The zero-order valence-corrected chi connectivity index (χ0v) is 20.4. The predicted octanol–water partition coefficient (Wildman–Crippen LogP) is 4.95. The molecule has 0 N–H and O–H groups in total. The van der Waals surface area contributed by atoms with Gasteiger partial charge in [0, 0.05) is 41.3 Å². The number of nitrogens with zero attached hydrogens (tertiary/aromatic N) is 4. The lowest BCUT2D eigenvalue weighted by Crippen LogP contribution is -2.50. The van der Waals surface area contributed by atoms with Crippen molar-refractivity contribution in [2.24, 2.45) is 0 Å². The number of hydrogen-bond acceptors (Lipinski definition) is 5. The van der Waals surface area contributed by atoms with Crippen LogP contribution in [0.5, 0.6) is 0 Å². The lowest BCUT2D eigenvalue weighted by Gasteiger charge is -2.39. The molecule has 7 heteroatoms. The van der Waals surface area contributed by atoms with Crippen LogP contribution in [0.4, 0.5) is 5.69 Å².